The number of carbonyl (C=O) groups is 1. The van der Waals surface area contributed by atoms with E-state index >= 15 is 0 Å². The van der Waals surface area contributed by atoms with Gasteiger partial charge in [0.05, 0.1) is 0 Å². The van der Waals surface area contributed by atoms with Crippen molar-refractivity contribution in [2.75, 3.05) is 13.6 Å². The summed E-state index contributed by atoms with van der Waals surface area (Å²) in [4.78, 5) is 13.8. The van der Waals surface area contributed by atoms with E-state index in [0.29, 0.717) is 18.0 Å². The molecule has 0 radical (unpaired) electrons. The quantitative estimate of drug-likeness (QED) is 0.771. The van der Waals surface area contributed by atoms with E-state index in [1.165, 1.54) is 6.42 Å². The zero-order valence-corrected chi connectivity index (χ0v) is 10.4. The highest BCUT2D eigenvalue weighted by Crippen LogP contribution is 2.27. The first-order valence-electron chi connectivity index (χ1n) is 6.01. The molecule has 0 aromatic heterocycles. The summed E-state index contributed by atoms with van der Waals surface area (Å²) in [6.45, 7) is 7.04. The number of hydrogen-bond donors (Lipinski definition) is 1. The van der Waals surface area contributed by atoms with E-state index < -0.39 is 0 Å². The highest BCUT2D eigenvalue weighted by atomic mass is 16.2. The van der Waals surface area contributed by atoms with Gasteiger partial charge in [-0.15, -0.1) is 0 Å². The van der Waals surface area contributed by atoms with Crippen molar-refractivity contribution in [3.8, 4) is 0 Å². The van der Waals surface area contributed by atoms with E-state index in [4.69, 9.17) is 0 Å². The highest BCUT2D eigenvalue weighted by molar-refractivity contribution is 5.74. The first-order chi connectivity index (χ1) is 7.07. The molecule has 0 bridgehead atoms. The van der Waals surface area contributed by atoms with Crippen LogP contribution in [0.4, 0.5) is 0 Å². The molecule has 0 aromatic carbocycles. The third-order valence-corrected chi connectivity index (χ3v) is 3.36. The topological polar surface area (TPSA) is 32.3 Å². The van der Waals surface area contributed by atoms with Gasteiger partial charge in [0.1, 0.15) is 0 Å². The van der Waals surface area contributed by atoms with E-state index in [0.717, 1.165) is 19.4 Å². The minimum Gasteiger partial charge on any atom is -0.335 e. The second-order valence-electron chi connectivity index (χ2n) is 4.88. The molecule has 2 atom stereocenters. The summed E-state index contributed by atoms with van der Waals surface area (Å²) in [7, 11) is 1.96. The van der Waals surface area contributed by atoms with Crippen LogP contribution in [-0.2, 0) is 4.79 Å². The molecule has 1 aliphatic rings. The number of likely N-dealkylation sites (N-methyl/N-ethyl adjacent to an activating group) is 1. The van der Waals surface area contributed by atoms with Gasteiger partial charge < -0.3 is 10.2 Å². The summed E-state index contributed by atoms with van der Waals surface area (Å²) in [5, 5.41) is 3.19. The molecule has 1 heterocycles. The van der Waals surface area contributed by atoms with Crippen molar-refractivity contribution < 1.29 is 4.79 Å². The molecule has 1 amide bonds. The summed E-state index contributed by atoms with van der Waals surface area (Å²) >= 11 is 0. The van der Waals surface area contributed by atoms with Crippen LogP contribution in [0.25, 0.3) is 0 Å². The van der Waals surface area contributed by atoms with Gasteiger partial charge in [0.15, 0.2) is 0 Å². The number of amides is 1. The molecule has 3 heteroatoms. The zero-order valence-electron chi connectivity index (χ0n) is 10.4. The van der Waals surface area contributed by atoms with E-state index in [2.05, 4.69) is 24.1 Å². The largest absolute Gasteiger partial charge is 0.335 e. The van der Waals surface area contributed by atoms with Crippen molar-refractivity contribution >= 4 is 5.91 Å². The normalized spacial score (nSPS) is 27.1. The Labute approximate surface area is 93.2 Å². The lowest BCUT2D eigenvalue weighted by Gasteiger charge is -2.43. The van der Waals surface area contributed by atoms with Crippen LogP contribution in [0, 0.1) is 5.92 Å². The third-order valence-electron chi connectivity index (χ3n) is 3.36. The second-order valence-corrected chi connectivity index (χ2v) is 4.88. The van der Waals surface area contributed by atoms with E-state index in [1.54, 1.807) is 6.92 Å². The lowest BCUT2D eigenvalue weighted by atomic mass is 9.88. The van der Waals surface area contributed by atoms with Crippen molar-refractivity contribution in [1.29, 1.82) is 0 Å². The SMILES string of the molecule is CNCC1CCCC(C(C)C)N1C(C)=O. The van der Waals surface area contributed by atoms with Crippen molar-refractivity contribution in [2.45, 2.75) is 52.1 Å². The molecule has 1 fully saturated rings. The van der Waals surface area contributed by atoms with Crippen molar-refractivity contribution in [3.63, 3.8) is 0 Å². The summed E-state index contributed by atoms with van der Waals surface area (Å²) < 4.78 is 0. The fourth-order valence-electron chi connectivity index (χ4n) is 2.69. The van der Waals surface area contributed by atoms with Gasteiger partial charge in [-0.25, -0.2) is 0 Å². The van der Waals surface area contributed by atoms with Crippen LogP contribution in [0.1, 0.15) is 40.0 Å². The van der Waals surface area contributed by atoms with Crippen LogP contribution in [0.2, 0.25) is 0 Å². The Hall–Kier alpha value is -0.570. The van der Waals surface area contributed by atoms with Crippen LogP contribution in [0.5, 0.6) is 0 Å². The highest BCUT2D eigenvalue weighted by Gasteiger charge is 2.33. The smallest absolute Gasteiger partial charge is 0.219 e. The van der Waals surface area contributed by atoms with Gasteiger partial charge in [-0.2, -0.15) is 0 Å². The molecule has 1 aliphatic heterocycles. The summed E-state index contributed by atoms with van der Waals surface area (Å²) in [5.41, 5.74) is 0. The van der Waals surface area contributed by atoms with Crippen molar-refractivity contribution in [2.24, 2.45) is 5.92 Å². The van der Waals surface area contributed by atoms with Crippen LogP contribution in [0.3, 0.4) is 0 Å². The zero-order chi connectivity index (χ0) is 11.4. The van der Waals surface area contributed by atoms with Crippen LogP contribution >= 0.6 is 0 Å². The van der Waals surface area contributed by atoms with Crippen molar-refractivity contribution in [3.05, 3.63) is 0 Å². The molecule has 3 nitrogen and oxygen atoms in total. The lowest BCUT2D eigenvalue weighted by molar-refractivity contribution is -0.137. The number of nitrogens with zero attached hydrogens (tertiary/aromatic N) is 1. The minimum absolute atomic E-state index is 0.230. The third kappa shape index (κ3) is 2.94. The monoisotopic (exact) mass is 212 g/mol. The second kappa shape index (κ2) is 5.50. The molecule has 1 N–H and O–H groups in total. The number of likely N-dealkylation sites (tertiary alicyclic amines) is 1. The molecule has 0 spiro atoms. The Bertz CT molecular complexity index is 214. The van der Waals surface area contributed by atoms with Gasteiger partial charge in [-0.3, -0.25) is 4.79 Å². The molecule has 0 saturated carbocycles. The first-order valence-corrected chi connectivity index (χ1v) is 6.01. The number of carbonyl (C=O) groups excluding carboxylic acids is 1. The molecule has 1 saturated heterocycles. The standard InChI is InChI=1S/C12H24N2O/c1-9(2)12-7-5-6-11(8-13-4)14(12)10(3)15/h9,11-13H,5-8H2,1-4H3. The van der Waals surface area contributed by atoms with Gasteiger partial charge in [-0.1, -0.05) is 13.8 Å². The fourth-order valence-corrected chi connectivity index (χ4v) is 2.69. The Balaban J connectivity index is 2.75. The average Bonchev–Trinajstić information content (AvgIpc) is 2.17. The first kappa shape index (κ1) is 12.5. The maximum Gasteiger partial charge on any atom is 0.219 e. The number of nitrogens with one attached hydrogen (secondary N) is 1. The molecule has 1 rings (SSSR count). The summed E-state index contributed by atoms with van der Waals surface area (Å²) in [5.74, 6) is 0.794. The molecular weight excluding hydrogens is 188 g/mol. The molecule has 0 aromatic rings. The van der Waals surface area contributed by atoms with Crippen LogP contribution in [0.15, 0.2) is 0 Å². The van der Waals surface area contributed by atoms with E-state index in [-0.39, 0.29) is 5.91 Å². The van der Waals surface area contributed by atoms with Crippen molar-refractivity contribution in [1.82, 2.24) is 10.2 Å². The maximum absolute atomic E-state index is 11.7. The van der Waals surface area contributed by atoms with Gasteiger partial charge >= 0.3 is 0 Å². The molecule has 0 aliphatic carbocycles. The molecular formula is C12H24N2O. The Morgan fingerprint density at radius 1 is 1.47 bits per heavy atom. The predicted molar refractivity (Wildman–Crippen MR) is 62.7 cm³/mol. The van der Waals surface area contributed by atoms with Crippen LogP contribution < -0.4 is 5.32 Å². The Kier molecular flexibility index (Phi) is 4.58. The number of piperidine rings is 1. The van der Waals surface area contributed by atoms with Crippen LogP contribution in [-0.4, -0.2) is 36.5 Å². The molecule has 2 unspecified atom stereocenters. The van der Waals surface area contributed by atoms with Gasteiger partial charge in [0.2, 0.25) is 5.91 Å². The maximum atomic E-state index is 11.7. The summed E-state index contributed by atoms with van der Waals surface area (Å²) in [6, 6.07) is 0.836. The van der Waals surface area contributed by atoms with E-state index in [9.17, 15) is 4.79 Å². The number of hydrogen-bond acceptors (Lipinski definition) is 2. The fraction of sp³-hybridized carbons (Fsp3) is 0.917. The van der Waals surface area contributed by atoms with Gasteiger partial charge in [0, 0.05) is 25.6 Å². The molecule has 88 valence electrons. The Morgan fingerprint density at radius 2 is 2.13 bits per heavy atom. The molecule has 15 heavy (non-hydrogen) atoms. The Morgan fingerprint density at radius 3 is 2.60 bits per heavy atom. The minimum atomic E-state index is 0.230. The van der Waals surface area contributed by atoms with Gasteiger partial charge in [-0.05, 0) is 32.2 Å². The lowest BCUT2D eigenvalue weighted by Crippen LogP contribution is -2.54. The summed E-state index contributed by atoms with van der Waals surface area (Å²) in [6.07, 6.45) is 3.56. The average molecular weight is 212 g/mol. The van der Waals surface area contributed by atoms with Gasteiger partial charge in [0.25, 0.3) is 0 Å². The number of rotatable bonds is 3. The predicted octanol–water partition coefficient (Wildman–Crippen LogP) is 1.63. The van der Waals surface area contributed by atoms with E-state index in [1.807, 2.05) is 7.05 Å².